The fourth-order valence-electron chi connectivity index (χ4n) is 2.56. The molecule has 19 heavy (non-hydrogen) atoms. The number of aliphatic hydroxyl groups excluding tert-OH is 2. The van der Waals surface area contributed by atoms with Gasteiger partial charge in [-0.1, -0.05) is 0 Å². The first-order valence-corrected chi connectivity index (χ1v) is 5.95. The summed E-state index contributed by atoms with van der Waals surface area (Å²) >= 11 is 0. The molecule has 0 saturated carbocycles. The van der Waals surface area contributed by atoms with E-state index in [1.165, 1.54) is 0 Å². The minimum atomic E-state index is -1.00. The van der Waals surface area contributed by atoms with E-state index in [-0.39, 0.29) is 11.6 Å². The van der Waals surface area contributed by atoms with E-state index in [2.05, 4.69) is 20.3 Å². The Hall–Kier alpha value is -1.90. The van der Waals surface area contributed by atoms with Gasteiger partial charge in [0.2, 0.25) is 0 Å². The Morgan fingerprint density at radius 3 is 2.47 bits per heavy atom. The summed E-state index contributed by atoms with van der Waals surface area (Å²) in [5.74, 6) is 0. The van der Waals surface area contributed by atoms with E-state index in [1.807, 2.05) is 0 Å². The lowest BCUT2D eigenvalue weighted by Gasteiger charge is -2.14. The van der Waals surface area contributed by atoms with Crippen molar-refractivity contribution in [2.75, 3.05) is 0 Å². The first-order chi connectivity index (χ1) is 8.99. The second kappa shape index (κ2) is 4.05. The van der Waals surface area contributed by atoms with Crippen LogP contribution in [-0.2, 0) is 0 Å². The number of hydrogen-bond acceptors (Lipinski definition) is 5. The van der Waals surface area contributed by atoms with Gasteiger partial charge >= 0.3 is 5.69 Å². The molecule has 2 aromatic rings. The molecule has 8 heteroatoms. The van der Waals surface area contributed by atoms with Crippen molar-refractivity contribution in [1.29, 1.82) is 0 Å². The molecule has 0 aromatic carbocycles. The molecule has 0 unspecified atom stereocenters. The maximum absolute atomic E-state index is 11.6. The number of nitrogens with one attached hydrogen (secondary N) is 4. The normalized spacial score (nSPS) is 31.1. The number of aromatic nitrogens is 3. The van der Waals surface area contributed by atoms with Gasteiger partial charge in [0.15, 0.2) is 0 Å². The number of H-pyrrole nitrogens is 3. The van der Waals surface area contributed by atoms with Gasteiger partial charge in [0.1, 0.15) is 11.6 Å². The first kappa shape index (κ1) is 12.2. The van der Waals surface area contributed by atoms with Crippen molar-refractivity contribution in [3.05, 3.63) is 32.6 Å². The maximum Gasteiger partial charge on any atom is 0.326 e. The highest BCUT2D eigenvalue weighted by atomic mass is 16.3. The van der Waals surface area contributed by atoms with E-state index in [9.17, 15) is 19.8 Å². The highest BCUT2D eigenvalue weighted by Gasteiger charge is 2.40. The number of aromatic amines is 3. The van der Waals surface area contributed by atoms with Crippen molar-refractivity contribution in [3.63, 3.8) is 0 Å². The molecule has 0 bridgehead atoms. The summed E-state index contributed by atoms with van der Waals surface area (Å²) in [4.78, 5) is 30.3. The molecule has 6 N–H and O–H groups in total. The SMILES string of the molecule is C[C@H]1N[C@@H](c2c[nH]c3c(=O)[nH]c(=O)[nH]c23)[C@@H](O)[C@H]1O. The molecule has 0 amide bonds. The van der Waals surface area contributed by atoms with Crippen LogP contribution in [0.25, 0.3) is 11.0 Å². The van der Waals surface area contributed by atoms with Crippen LogP contribution in [0.1, 0.15) is 18.5 Å². The second-order valence-corrected chi connectivity index (χ2v) is 4.82. The topological polar surface area (TPSA) is 134 Å². The fourth-order valence-corrected chi connectivity index (χ4v) is 2.56. The van der Waals surface area contributed by atoms with Crippen LogP contribution in [0.5, 0.6) is 0 Å². The third kappa shape index (κ3) is 1.72. The van der Waals surface area contributed by atoms with Crippen LogP contribution in [-0.4, -0.2) is 43.4 Å². The summed E-state index contributed by atoms with van der Waals surface area (Å²) in [7, 11) is 0. The molecule has 3 heterocycles. The quantitative estimate of drug-likeness (QED) is 0.366. The maximum atomic E-state index is 11.6. The predicted octanol–water partition coefficient (Wildman–Crippen LogP) is -1.70. The molecule has 2 aromatic heterocycles. The highest BCUT2D eigenvalue weighted by Crippen LogP contribution is 2.30. The zero-order valence-corrected chi connectivity index (χ0v) is 10.1. The molecule has 1 fully saturated rings. The molecule has 8 nitrogen and oxygen atoms in total. The molecule has 0 aliphatic carbocycles. The predicted molar refractivity (Wildman–Crippen MR) is 66.9 cm³/mol. The molecule has 0 radical (unpaired) electrons. The Labute approximate surface area is 106 Å². The van der Waals surface area contributed by atoms with Crippen molar-refractivity contribution in [1.82, 2.24) is 20.3 Å². The molecular weight excluding hydrogens is 252 g/mol. The van der Waals surface area contributed by atoms with E-state index >= 15 is 0 Å². The minimum Gasteiger partial charge on any atom is -0.389 e. The van der Waals surface area contributed by atoms with E-state index in [0.29, 0.717) is 11.1 Å². The number of hydrogen-bond donors (Lipinski definition) is 6. The van der Waals surface area contributed by atoms with Crippen molar-refractivity contribution >= 4 is 11.0 Å². The Morgan fingerprint density at radius 1 is 1.11 bits per heavy atom. The van der Waals surface area contributed by atoms with Gasteiger partial charge in [0, 0.05) is 17.8 Å². The smallest absolute Gasteiger partial charge is 0.326 e. The molecular formula is C11H14N4O4. The van der Waals surface area contributed by atoms with Crippen LogP contribution in [0.15, 0.2) is 15.8 Å². The van der Waals surface area contributed by atoms with E-state index in [4.69, 9.17) is 0 Å². The van der Waals surface area contributed by atoms with Gasteiger partial charge in [-0.15, -0.1) is 0 Å². The highest BCUT2D eigenvalue weighted by molar-refractivity contribution is 5.78. The standard InChI is InChI=1S/C11H14N4O4/c1-3-8(16)9(17)6(13-3)4-2-12-7-5(4)14-11(19)15-10(7)18/h2-3,6,8-9,12-13,16-17H,1H3,(H2,14,15,18,19)/t3-,6+,8+,9-/m1/s1. The van der Waals surface area contributed by atoms with Gasteiger partial charge in [-0.05, 0) is 6.92 Å². The van der Waals surface area contributed by atoms with Gasteiger partial charge < -0.3 is 25.5 Å². The van der Waals surface area contributed by atoms with E-state index in [1.54, 1.807) is 13.1 Å². The molecule has 1 aliphatic rings. The Balaban J connectivity index is 2.17. The molecule has 1 aliphatic heterocycles. The van der Waals surface area contributed by atoms with Crippen molar-refractivity contribution < 1.29 is 10.2 Å². The van der Waals surface area contributed by atoms with Gasteiger partial charge in [0.25, 0.3) is 5.56 Å². The zero-order chi connectivity index (χ0) is 13.7. The van der Waals surface area contributed by atoms with Crippen molar-refractivity contribution in [3.8, 4) is 0 Å². The molecule has 0 spiro atoms. The van der Waals surface area contributed by atoms with Crippen LogP contribution in [0, 0.1) is 0 Å². The lowest BCUT2D eigenvalue weighted by molar-refractivity contribution is 0.0303. The minimum absolute atomic E-state index is 0.234. The van der Waals surface area contributed by atoms with E-state index in [0.717, 1.165) is 0 Å². The number of rotatable bonds is 1. The van der Waals surface area contributed by atoms with Crippen LogP contribution >= 0.6 is 0 Å². The molecule has 102 valence electrons. The van der Waals surface area contributed by atoms with Gasteiger partial charge in [-0.3, -0.25) is 9.78 Å². The fraction of sp³-hybridized carbons (Fsp3) is 0.455. The summed E-state index contributed by atoms with van der Waals surface area (Å²) in [5.41, 5.74) is -0.0103. The Morgan fingerprint density at radius 2 is 1.84 bits per heavy atom. The third-order valence-electron chi connectivity index (χ3n) is 3.58. The largest absolute Gasteiger partial charge is 0.389 e. The van der Waals surface area contributed by atoms with Gasteiger partial charge in [0.05, 0.1) is 17.7 Å². The number of fused-ring (bicyclic) bond motifs is 1. The lowest BCUT2D eigenvalue weighted by atomic mass is 10.0. The number of aliphatic hydroxyl groups is 2. The Bertz CT molecular complexity index is 730. The zero-order valence-electron chi connectivity index (χ0n) is 10.1. The molecule has 4 atom stereocenters. The van der Waals surface area contributed by atoms with E-state index < -0.39 is 29.5 Å². The summed E-state index contributed by atoms with van der Waals surface area (Å²) in [6.45, 7) is 1.75. The monoisotopic (exact) mass is 266 g/mol. The van der Waals surface area contributed by atoms with Crippen LogP contribution in [0.3, 0.4) is 0 Å². The summed E-state index contributed by atoms with van der Waals surface area (Å²) < 4.78 is 0. The van der Waals surface area contributed by atoms with Crippen molar-refractivity contribution in [2.45, 2.75) is 31.2 Å². The Kier molecular flexibility index (Phi) is 2.59. The molecule has 3 rings (SSSR count). The lowest BCUT2D eigenvalue weighted by Crippen LogP contribution is -2.29. The van der Waals surface area contributed by atoms with Gasteiger partial charge in [-0.2, -0.15) is 0 Å². The third-order valence-corrected chi connectivity index (χ3v) is 3.58. The molecule has 1 saturated heterocycles. The average molecular weight is 266 g/mol. The summed E-state index contributed by atoms with van der Waals surface area (Å²) in [6.07, 6.45) is -0.359. The average Bonchev–Trinajstić information content (AvgIpc) is 2.86. The first-order valence-electron chi connectivity index (χ1n) is 5.95. The summed E-state index contributed by atoms with van der Waals surface area (Å²) in [6, 6.07) is -0.824. The summed E-state index contributed by atoms with van der Waals surface area (Å²) in [5, 5.41) is 22.8. The van der Waals surface area contributed by atoms with Crippen molar-refractivity contribution in [2.24, 2.45) is 0 Å². The second-order valence-electron chi connectivity index (χ2n) is 4.82. The van der Waals surface area contributed by atoms with Gasteiger partial charge in [-0.25, -0.2) is 4.79 Å². The van der Waals surface area contributed by atoms with Crippen LogP contribution in [0.4, 0.5) is 0 Å². The van der Waals surface area contributed by atoms with Crippen LogP contribution < -0.4 is 16.6 Å². The van der Waals surface area contributed by atoms with Crippen LogP contribution in [0.2, 0.25) is 0 Å².